The second kappa shape index (κ2) is 11.8. The molecule has 2 saturated heterocycles. The van der Waals surface area contributed by atoms with Crippen LogP contribution in [0.4, 0.5) is 14.5 Å². The van der Waals surface area contributed by atoms with E-state index in [1.165, 1.54) is 31.7 Å². The lowest BCUT2D eigenvalue weighted by molar-refractivity contribution is 0.102. The van der Waals surface area contributed by atoms with Crippen LogP contribution in [0.2, 0.25) is 0 Å². The molecule has 0 atom stereocenters. The van der Waals surface area contributed by atoms with Crippen molar-refractivity contribution in [2.24, 2.45) is 0 Å². The van der Waals surface area contributed by atoms with Crippen LogP contribution in [0.1, 0.15) is 60.3 Å². The van der Waals surface area contributed by atoms with E-state index in [-0.39, 0.29) is 17.2 Å². The minimum absolute atomic E-state index is 0.179. The highest BCUT2D eigenvalue weighted by atomic mass is 19.2. The number of aromatic amines is 1. The van der Waals surface area contributed by atoms with Crippen molar-refractivity contribution in [1.29, 1.82) is 0 Å². The van der Waals surface area contributed by atoms with E-state index in [2.05, 4.69) is 30.3 Å². The van der Waals surface area contributed by atoms with Crippen molar-refractivity contribution < 1.29 is 13.6 Å². The van der Waals surface area contributed by atoms with Crippen molar-refractivity contribution in [3.05, 3.63) is 77.2 Å². The molecule has 4 heterocycles. The molecule has 2 aromatic carbocycles. The van der Waals surface area contributed by atoms with Crippen molar-refractivity contribution in [3.8, 4) is 11.1 Å². The molecular weight excluding hydrogens is 510 g/mol. The fourth-order valence-electron chi connectivity index (χ4n) is 5.86. The quantitative estimate of drug-likeness (QED) is 0.293. The van der Waals surface area contributed by atoms with Crippen LogP contribution in [0.3, 0.4) is 0 Å². The van der Waals surface area contributed by atoms with Crippen LogP contribution < -0.4 is 5.32 Å². The first-order valence-corrected chi connectivity index (χ1v) is 14.2. The molecule has 4 aromatic rings. The Morgan fingerprint density at radius 1 is 0.875 bits per heavy atom. The number of anilines is 1. The van der Waals surface area contributed by atoms with Gasteiger partial charge in [0, 0.05) is 35.9 Å². The molecule has 208 valence electrons. The number of pyridine rings is 1. The van der Waals surface area contributed by atoms with Gasteiger partial charge in [0.05, 0.1) is 11.2 Å². The number of fused-ring (bicyclic) bond motifs is 1. The predicted molar refractivity (Wildman–Crippen MR) is 152 cm³/mol. The summed E-state index contributed by atoms with van der Waals surface area (Å²) in [5.74, 6) is -2.15. The number of carbonyl (C=O) groups excluding carboxylic acids is 1. The summed E-state index contributed by atoms with van der Waals surface area (Å²) in [6, 6.07) is 11.8. The van der Waals surface area contributed by atoms with E-state index >= 15 is 4.39 Å². The Balaban J connectivity index is 1.23. The van der Waals surface area contributed by atoms with Crippen LogP contribution in [-0.4, -0.2) is 57.1 Å². The maximum absolute atomic E-state index is 15.0. The van der Waals surface area contributed by atoms with Gasteiger partial charge < -0.3 is 5.32 Å². The maximum Gasteiger partial charge on any atom is 0.276 e. The molecule has 2 fully saturated rings. The van der Waals surface area contributed by atoms with E-state index < -0.39 is 11.6 Å². The number of likely N-dealkylation sites (tertiary alicyclic amines) is 2. The number of piperidine rings is 2. The van der Waals surface area contributed by atoms with Crippen LogP contribution in [0, 0.1) is 11.6 Å². The number of H-pyrrole nitrogens is 1. The number of halogens is 2. The number of hydrogen-bond donors (Lipinski definition) is 2. The summed E-state index contributed by atoms with van der Waals surface area (Å²) in [5, 5.41) is 10.6. The van der Waals surface area contributed by atoms with Gasteiger partial charge in [-0.25, -0.2) is 8.78 Å². The summed E-state index contributed by atoms with van der Waals surface area (Å²) in [5.41, 5.74) is 3.77. The summed E-state index contributed by atoms with van der Waals surface area (Å²) in [4.78, 5) is 22.4. The van der Waals surface area contributed by atoms with Crippen molar-refractivity contribution in [3.63, 3.8) is 0 Å². The van der Waals surface area contributed by atoms with E-state index in [1.54, 1.807) is 36.5 Å². The smallest absolute Gasteiger partial charge is 0.276 e. The zero-order valence-corrected chi connectivity index (χ0v) is 22.6. The summed E-state index contributed by atoms with van der Waals surface area (Å²) >= 11 is 0. The molecule has 0 saturated carbocycles. The Morgan fingerprint density at radius 3 is 2.35 bits per heavy atom. The monoisotopic (exact) mass is 544 g/mol. The molecule has 40 heavy (non-hydrogen) atoms. The zero-order valence-electron chi connectivity index (χ0n) is 22.6. The van der Waals surface area contributed by atoms with Gasteiger partial charge in [-0.2, -0.15) is 5.10 Å². The lowest BCUT2D eigenvalue weighted by Gasteiger charge is -2.26. The van der Waals surface area contributed by atoms with Gasteiger partial charge in [0.25, 0.3) is 5.91 Å². The zero-order chi connectivity index (χ0) is 27.5. The number of rotatable bonds is 7. The summed E-state index contributed by atoms with van der Waals surface area (Å²) in [7, 11) is 0. The second-order valence-corrected chi connectivity index (χ2v) is 10.9. The first kappa shape index (κ1) is 26.5. The van der Waals surface area contributed by atoms with Crippen LogP contribution in [-0.2, 0) is 13.1 Å². The Kier molecular flexibility index (Phi) is 7.84. The van der Waals surface area contributed by atoms with Gasteiger partial charge in [0.1, 0.15) is 0 Å². The maximum atomic E-state index is 15.0. The molecule has 7 nitrogen and oxygen atoms in total. The number of amides is 1. The Labute approximate surface area is 232 Å². The third-order valence-electron chi connectivity index (χ3n) is 7.94. The fraction of sp³-hybridized carbons (Fsp3) is 0.387. The predicted octanol–water partition coefficient (Wildman–Crippen LogP) is 6.13. The van der Waals surface area contributed by atoms with Crippen LogP contribution in [0.5, 0.6) is 0 Å². The number of carbonyl (C=O) groups is 1. The molecule has 2 aromatic heterocycles. The number of benzene rings is 2. The molecule has 0 radical (unpaired) electrons. The van der Waals surface area contributed by atoms with Crippen molar-refractivity contribution >= 4 is 22.5 Å². The highest BCUT2D eigenvalue weighted by molar-refractivity contribution is 6.11. The number of hydrogen-bond acceptors (Lipinski definition) is 5. The van der Waals surface area contributed by atoms with Gasteiger partial charge in [-0.05, 0) is 99.4 Å². The summed E-state index contributed by atoms with van der Waals surface area (Å²) in [6.07, 6.45) is 8.82. The highest BCUT2D eigenvalue weighted by Gasteiger charge is 2.20. The van der Waals surface area contributed by atoms with E-state index in [0.717, 1.165) is 56.8 Å². The van der Waals surface area contributed by atoms with E-state index in [9.17, 15) is 9.18 Å². The van der Waals surface area contributed by atoms with Crippen molar-refractivity contribution in [2.75, 3.05) is 31.5 Å². The molecule has 2 aliphatic heterocycles. The first-order chi connectivity index (χ1) is 19.5. The molecule has 0 aliphatic carbocycles. The second-order valence-electron chi connectivity index (χ2n) is 10.9. The molecule has 0 unspecified atom stereocenters. The molecule has 9 heteroatoms. The Bertz CT molecular complexity index is 1510. The number of aromatic nitrogens is 3. The van der Waals surface area contributed by atoms with Crippen LogP contribution >= 0.6 is 0 Å². The van der Waals surface area contributed by atoms with Gasteiger partial charge in [-0.15, -0.1) is 0 Å². The molecule has 0 bridgehead atoms. The highest BCUT2D eigenvalue weighted by Crippen LogP contribution is 2.31. The Hall–Kier alpha value is -3.69. The minimum atomic E-state index is -0.894. The van der Waals surface area contributed by atoms with Crippen molar-refractivity contribution in [1.82, 2.24) is 25.0 Å². The summed E-state index contributed by atoms with van der Waals surface area (Å²) in [6.45, 7) is 5.38. The van der Waals surface area contributed by atoms with Crippen molar-refractivity contribution in [2.45, 2.75) is 51.6 Å². The molecule has 0 spiro atoms. The average molecular weight is 545 g/mol. The SMILES string of the molecule is O=C(Nc1ccnc(CN2CCCCC2)c1)c1n[nH]c2ccc(-c3cc(CN4CCCCC4)cc(F)c3F)cc12. The Morgan fingerprint density at radius 2 is 1.60 bits per heavy atom. The fourth-order valence-corrected chi connectivity index (χ4v) is 5.86. The standard InChI is InChI=1S/C31H34F2N6O/c32-27-16-21(19-38-11-3-1-4-12-38)15-25(29(27)33)22-7-8-28-26(17-22)30(37-36-28)31(40)35-23-9-10-34-24(18-23)20-39-13-5-2-6-14-39/h7-10,15-18H,1-6,11-14,19-20H2,(H,36,37)(H,34,35,40). The van der Waals surface area contributed by atoms with Crippen LogP contribution in [0.15, 0.2) is 48.7 Å². The molecular formula is C31H34F2N6O. The van der Waals surface area contributed by atoms with Crippen LogP contribution in [0.25, 0.3) is 22.0 Å². The van der Waals surface area contributed by atoms with Gasteiger partial charge in [0.2, 0.25) is 0 Å². The van der Waals surface area contributed by atoms with Gasteiger partial charge >= 0.3 is 0 Å². The average Bonchev–Trinajstić information content (AvgIpc) is 3.40. The third-order valence-corrected chi connectivity index (χ3v) is 7.94. The lowest BCUT2D eigenvalue weighted by atomic mass is 9.99. The number of nitrogens with one attached hydrogen (secondary N) is 2. The van der Waals surface area contributed by atoms with Gasteiger partial charge in [0.15, 0.2) is 17.3 Å². The van der Waals surface area contributed by atoms with E-state index in [1.807, 2.05) is 6.07 Å². The largest absolute Gasteiger partial charge is 0.320 e. The summed E-state index contributed by atoms with van der Waals surface area (Å²) < 4.78 is 29.7. The van der Waals surface area contributed by atoms with Gasteiger partial charge in [-0.3, -0.25) is 24.7 Å². The van der Waals surface area contributed by atoms with E-state index in [0.29, 0.717) is 28.7 Å². The molecule has 6 rings (SSSR count). The molecule has 2 aliphatic rings. The third kappa shape index (κ3) is 5.90. The minimum Gasteiger partial charge on any atom is -0.320 e. The van der Waals surface area contributed by atoms with Gasteiger partial charge in [-0.1, -0.05) is 18.9 Å². The number of nitrogens with zero attached hydrogens (tertiary/aromatic N) is 4. The normalized spacial score (nSPS) is 16.9. The lowest BCUT2D eigenvalue weighted by Crippen LogP contribution is -2.29. The molecule has 1 amide bonds. The topological polar surface area (TPSA) is 77.1 Å². The first-order valence-electron chi connectivity index (χ1n) is 14.2. The molecule has 2 N–H and O–H groups in total. The van der Waals surface area contributed by atoms with E-state index in [4.69, 9.17) is 0 Å².